The van der Waals surface area contributed by atoms with Gasteiger partial charge in [-0.3, -0.25) is 9.59 Å². The summed E-state index contributed by atoms with van der Waals surface area (Å²) >= 11 is 7.73. The number of carboxylic acids is 1. The lowest BCUT2D eigenvalue weighted by molar-refractivity contribution is -0.139. The molecule has 1 amide bonds. The molecule has 0 atom stereocenters. The highest BCUT2D eigenvalue weighted by Gasteiger charge is 2.09. The molecule has 0 radical (unpaired) electrons. The highest BCUT2D eigenvalue weighted by Crippen LogP contribution is 2.22. The molecule has 0 aliphatic heterocycles. The van der Waals surface area contributed by atoms with E-state index in [4.69, 9.17) is 16.7 Å². The van der Waals surface area contributed by atoms with Gasteiger partial charge in [-0.2, -0.15) is 0 Å². The van der Waals surface area contributed by atoms with Crippen LogP contribution in [0, 0.1) is 3.57 Å². The molecule has 2 N–H and O–H groups in total. The van der Waals surface area contributed by atoms with Crippen LogP contribution in [-0.2, 0) is 9.59 Å². The number of anilines is 1. The van der Waals surface area contributed by atoms with Crippen molar-refractivity contribution in [1.29, 1.82) is 0 Å². The maximum atomic E-state index is 11.1. The Bertz CT molecular complexity index is 408. The van der Waals surface area contributed by atoms with Crippen LogP contribution in [0.4, 0.5) is 5.69 Å². The second kappa shape index (κ2) is 5.32. The zero-order chi connectivity index (χ0) is 11.4. The minimum absolute atomic E-state index is 0.543. The lowest BCUT2D eigenvalue weighted by Gasteiger charge is -2.05. The fourth-order valence-corrected chi connectivity index (χ4v) is 1.93. The highest BCUT2D eigenvalue weighted by molar-refractivity contribution is 14.1. The predicted octanol–water partition coefficient (Wildman–Crippen LogP) is 2.36. The van der Waals surface area contributed by atoms with Gasteiger partial charge in [-0.15, -0.1) is 0 Å². The van der Waals surface area contributed by atoms with E-state index in [2.05, 4.69) is 5.32 Å². The quantitative estimate of drug-likeness (QED) is 0.656. The number of amides is 1. The van der Waals surface area contributed by atoms with Crippen LogP contribution >= 0.6 is 34.2 Å². The van der Waals surface area contributed by atoms with Crippen molar-refractivity contribution in [2.45, 2.75) is 6.42 Å². The molecule has 15 heavy (non-hydrogen) atoms. The zero-order valence-electron chi connectivity index (χ0n) is 7.46. The molecule has 0 unspecified atom stereocenters. The summed E-state index contributed by atoms with van der Waals surface area (Å²) in [5.74, 6) is -1.71. The largest absolute Gasteiger partial charge is 0.481 e. The summed E-state index contributed by atoms with van der Waals surface area (Å²) in [6, 6.07) is 4.93. The molecule has 0 saturated heterocycles. The Kier molecular flexibility index (Phi) is 4.34. The summed E-state index contributed by atoms with van der Waals surface area (Å²) in [6.45, 7) is 0. The van der Waals surface area contributed by atoms with Gasteiger partial charge in [0.1, 0.15) is 6.42 Å². The minimum Gasteiger partial charge on any atom is -0.481 e. The second-order valence-corrected chi connectivity index (χ2v) is 4.34. The lowest BCUT2D eigenvalue weighted by Crippen LogP contribution is -2.16. The summed E-state index contributed by atoms with van der Waals surface area (Å²) in [5, 5.41) is 11.4. The number of carboxylic acid groups (broad SMARTS) is 1. The average molecular weight is 340 g/mol. The number of carbonyl (C=O) groups excluding carboxylic acids is 1. The SMILES string of the molecule is O=C(O)CC(=O)Nc1ccc(Cl)cc1I. The Hall–Kier alpha value is -0.820. The van der Waals surface area contributed by atoms with Crippen LogP contribution in [0.15, 0.2) is 18.2 Å². The van der Waals surface area contributed by atoms with E-state index in [1.54, 1.807) is 18.2 Å². The van der Waals surface area contributed by atoms with Gasteiger partial charge in [-0.25, -0.2) is 0 Å². The number of benzene rings is 1. The van der Waals surface area contributed by atoms with Crippen LogP contribution in [0.5, 0.6) is 0 Å². The van der Waals surface area contributed by atoms with Crippen LogP contribution in [-0.4, -0.2) is 17.0 Å². The summed E-state index contributed by atoms with van der Waals surface area (Å²) in [4.78, 5) is 21.4. The molecule has 0 heterocycles. The number of hydrogen-bond donors (Lipinski definition) is 2. The number of halogens is 2. The number of aliphatic carboxylic acids is 1. The van der Waals surface area contributed by atoms with E-state index in [1.807, 2.05) is 22.6 Å². The molecule has 6 heteroatoms. The van der Waals surface area contributed by atoms with Gasteiger partial charge in [-0.1, -0.05) is 11.6 Å². The van der Waals surface area contributed by atoms with Gasteiger partial charge in [0.15, 0.2) is 0 Å². The Morgan fingerprint density at radius 2 is 2.13 bits per heavy atom. The molecule has 0 aliphatic carbocycles. The van der Waals surface area contributed by atoms with Crippen LogP contribution < -0.4 is 5.32 Å². The Balaban J connectivity index is 2.72. The summed E-state index contributed by atoms with van der Waals surface area (Å²) in [5.41, 5.74) is 0.561. The topological polar surface area (TPSA) is 66.4 Å². The fraction of sp³-hybridized carbons (Fsp3) is 0.111. The molecule has 1 aromatic rings. The summed E-state index contributed by atoms with van der Waals surface area (Å²) < 4.78 is 0.763. The molecule has 4 nitrogen and oxygen atoms in total. The van der Waals surface area contributed by atoms with E-state index in [0.717, 1.165) is 3.57 Å². The minimum atomic E-state index is -1.16. The molecule has 1 aromatic carbocycles. The first-order valence-corrected chi connectivity index (χ1v) is 5.41. The zero-order valence-corrected chi connectivity index (χ0v) is 10.4. The molecule has 0 aliphatic rings. The van der Waals surface area contributed by atoms with Crippen LogP contribution in [0.3, 0.4) is 0 Å². The molecule has 80 valence electrons. The average Bonchev–Trinajstić information content (AvgIpc) is 2.08. The third-order valence-corrected chi connectivity index (χ3v) is 2.64. The molecule has 0 saturated carbocycles. The standard InChI is InChI=1S/C9H7ClINO3/c10-5-1-2-7(6(11)3-5)12-8(13)4-9(14)15/h1-3H,4H2,(H,12,13)(H,14,15). The molecule has 0 bridgehead atoms. The third-order valence-electron chi connectivity index (χ3n) is 1.52. The van der Waals surface area contributed by atoms with Gasteiger partial charge in [0.2, 0.25) is 5.91 Å². The van der Waals surface area contributed by atoms with Crippen molar-refractivity contribution in [2.75, 3.05) is 5.32 Å². The van der Waals surface area contributed by atoms with Crippen molar-refractivity contribution in [3.63, 3.8) is 0 Å². The van der Waals surface area contributed by atoms with Crippen molar-refractivity contribution in [3.05, 3.63) is 26.8 Å². The van der Waals surface area contributed by atoms with Gasteiger partial charge in [-0.05, 0) is 40.8 Å². The molecule has 1 rings (SSSR count). The van der Waals surface area contributed by atoms with Gasteiger partial charge in [0, 0.05) is 8.59 Å². The molecular formula is C9H7ClINO3. The predicted molar refractivity (Wildman–Crippen MR) is 65.1 cm³/mol. The van der Waals surface area contributed by atoms with Gasteiger partial charge in [0.25, 0.3) is 0 Å². The maximum absolute atomic E-state index is 11.1. The van der Waals surface area contributed by atoms with E-state index >= 15 is 0 Å². The first kappa shape index (κ1) is 12.3. The maximum Gasteiger partial charge on any atom is 0.312 e. The van der Waals surface area contributed by atoms with E-state index in [-0.39, 0.29) is 0 Å². The lowest BCUT2D eigenvalue weighted by atomic mass is 10.3. The smallest absolute Gasteiger partial charge is 0.312 e. The molecule has 0 aromatic heterocycles. The normalized spacial score (nSPS) is 9.73. The molecular weight excluding hydrogens is 332 g/mol. The fourth-order valence-electron chi connectivity index (χ4n) is 0.923. The number of nitrogens with one attached hydrogen (secondary N) is 1. The third kappa shape index (κ3) is 4.05. The van der Waals surface area contributed by atoms with Gasteiger partial charge in [0.05, 0.1) is 5.69 Å². The van der Waals surface area contributed by atoms with E-state index in [9.17, 15) is 9.59 Å². The van der Waals surface area contributed by atoms with Crippen LogP contribution in [0.2, 0.25) is 5.02 Å². The Labute approximate surface area is 105 Å². The van der Waals surface area contributed by atoms with Crippen LogP contribution in [0.1, 0.15) is 6.42 Å². The monoisotopic (exact) mass is 339 g/mol. The molecule has 0 fully saturated rings. The van der Waals surface area contributed by atoms with Crippen LogP contribution in [0.25, 0.3) is 0 Å². The van der Waals surface area contributed by atoms with Gasteiger partial charge >= 0.3 is 5.97 Å². The van der Waals surface area contributed by atoms with E-state index in [0.29, 0.717) is 10.7 Å². The van der Waals surface area contributed by atoms with E-state index in [1.165, 1.54) is 0 Å². The summed E-state index contributed by atoms with van der Waals surface area (Å²) in [7, 11) is 0. The molecule has 0 spiro atoms. The Morgan fingerprint density at radius 3 is 2.67 bits per heavy atom. The van der Waals surface area contributed by atoms with Crippen molar-refractivity contribution >= 4 is 51.8 Å². The first-order chi connectivity index (χ1) is 6.99. The highest BCUT2D eigenvalue weighted by atomic mass is 127. The van der Waals surface area contributed by atoms with Crippen molar-refractivity contribution in [3.8, 4) is 0 Å². The van der Waals surface area contributed by atoms with Crippen molar-refractivity contribution in [1.82, 2.24) is 0 Å². The van der Waals surface area contributed by atoms with E-state index < -0.39 is 18.3 Å². The second-order valence-electron chi connectivity index (χ2n) is 2.74. The Morgan fingerprint density at radius 1 is 1.47 bits per heavy atom. The summed E-state index contributed by atoms with van der Waals surface area (Å²) in [6.07, 6.45) is -0.543. The van der Waals surface area contributed by atoms with Gasteiger partial charge < -0.3 is 10.4 Å². The van der Waals surface area contributed by atoms with Crippen molar-refractivity contribution < 1.29 is 14.7 Å². The number of hydrogen-bond acceptors (Lipinski definition) is 2. The first-order valence-electron chi connectivity index (χ1n) is 3.95. The number of carbonyl (C=O) groups is 2. The number of rotatable bonds is 3. The van der Waals surface area contributed by atoms with Crippen molar-refractivity contribution in [2.24, 2.45) is 0 Å².